The van der Waals surface area contributed by atoms with Crippen LogP contribution in [0.5, 0.6) is 17.2 Å². The Hall–Kier alpha value is -2.93. The van der Waals surface area contributed by atoms with Gasteiger partial charge in [0.05, 0.1) is 31.5 Å². The summed E-state index contributed by atoms with van der Waals surface area (Å²) >= 11 is 6.01. The van der Waals surface area contributed by atoms with Crippen molar-refractivity contribution in [2.45, 2.75) is 6.92 Å². The molecule has 0 spiro atoms. The molecule has 2 amide bonds. The molecule has 0 saturated heterocycles. The number of carbonyl (C=O) groups excluding carboxylic acids is 2. The van der Waals surface area contributed by atoms with E-state index in [2.05, 4.69) is 10.6 Å². The minimum absolute atomic E-state index is 0.264. The number of ether oxygens (including phenoxy) is 3. The van der Waals surface area contributed by atoms with Crippen molar-refractivity contribution < 1.29 is 23.8 Å². The Labute approximate surface area is 156 Å². The summed E-state index contributed by atoms with van der Waals surface area (Å²) in [5, 5.41) is 5.30. The molecule has 0 aliphatic rings. The lowest BCUT2D eigenvalue weighted by Crippen LogP contribution is -2.29. The molecule has 0 saturated carbocycles. The molecule has 0 aliphatic carbocycles. The molecule has 2 N–H and O–H groups in total. The van der Waals surface area contributed by atoms with Gasteiger partial charge in [-0.2, -0.15) is 0 Å². The number of benzene rings is 2. The van der Waals surface area contributed by atoms with Crippen LogP contribution >= 0.6 is 11.6 Å². The van der Waals surface area contributed by atoms with Gasteiger partial charge in [0.25, 0.3) is 0 Å². The van der Waals surface area contributed by atoms with Gasteiger partial charge in [-0.15, -0.1) is 0 Å². The number of hydrogen-bond donors (Lipinski definition) is 2. The lowest BCUT2D eigenvalue weighted by atomic mass is 10.2. The van der Waals surface area contributed by atoms with Gasteiger partial charge in [-0.05, 0) is 31.2 Å². The summed E-state index contributed by atoms with van der Waals surface area (Å²) in [4.78, 5) is 24.3. The number of hydrogen-bond acceptors (Lipinski definition) is 5. The zero-order valence-corrected chi connectivity index (χ0v) is 15.3. The number of amides is 2. The van der Waals surface area contributed by atoms with Crippen molar-refractivity contribution in [1.29, 1.82) is 0 Å². The summed E-state index contributed by atoms with van der Waals surface area (Å²) in [6.45, 7) is 2.42. The Morgan fingerprint density at radius 2 is 1.58 bits per heavy atom. The number of methoxy groups -OCH3 is 2. The van der Waals surface area contributed by atoms with Crippen LogP contribution in [0.4, 0.5) is 11.4 Å². The van der Waals surface area contributed by atoms with Gasteiger partial charge in [-0.3, -0.25) is 9.59 Å². The molecule has 0 radical (unpaired) electrons. The van der Waals surface area contributed by atoms with Crippen LogP contribution < -0.4 is 24.8 Å². The van der Waals surface area contributed by atoms with E-state index in [-0.39, 0.29) is 5.69 Å². The third-order valence-electron chi connectivity index (χ3n) is 3.35. The van der Waals surface area contributed by atoms with Crippen LogP contribution in [0, 0.1) is 0 Å². The Morgan fingerprint density at radius 1 is 0.962 bits per heavy atom. The van der Waals surface area contributed by atoms with Crippen molar-refractivity contribution in [3.05, 3.63) is 41.4 Å². The second kappa shape index (κ2) is 8.96. The Bertz CT molecular complexity index is 793. The average Bonchev–Trinajstić information content (AvgIpc) is 2.64. The van der Waals surface area contributed by atoms with Crippen molar-refractivity contribution in [2.24, 2.45) is 0 Å². The van der Waals surface area contributed by atoms with Gasteiger partial charge in [0, 0.05) is 17.8 Å². The molecule has 26 heavy (non-hydrogen) atoms. The highest BCUT2D eigenvalue weighted by Gasteiger charge is 2.18. The molecule has 138 valence electrons. The van der Waals surface area contributed by atoms with Crippen LogP contribution in [0.3, 0.4) is 0 Å². The van der Waals surface area contributed by atoms with Gasteiger partial charge in [-0.25, -0.2) is 0 Å². The number of rotatable bonds is 6. The van der Waals surface area contributed by atoms with Gasteiger partial charge < -0.3 is 24.8 Å². The van der Waals surface area contributed by atoms with Gasteiger partial charge >= 0.3 is 11.8 Å². The maximum atomic E-state index is 12.2. The zero-order valence-electron chi connectivity index (χ0n) is 14.6. The highest BCUT2D eigenvalue weighted by molar-refractivity contribution is 6.44. The molecule has 2 aromatic rings. The van der Waals surface area contributed by atoms with E-state index in [0.717, 1.165) is 0 Å². The van der Waals surface area contributed by atoms with E-state index >= 15 is 0 Å². The molecular weight excluding hydrogens is 360 g/mol. The minimum atomic E-state index is -0.860. The fourth-order valence-electron chi connectivity index (χ4n) is 2.13. The first-order chi connectivity index (χ1) is 12.5. The molecule has 0 aliphatic heterocycles. The standard InChI is InChI=1S/C18H19ClN2O5/c1-4-26-12-7-5-11(6-8-12)20-17(22)18(23)21-14-10-15(24-2)13(19)9-16(14)25-3/h5-10H,4H2,1-3H3,(H,20,22)(H,21,23). The Morgan fingerprint density at radius 3 is 2.15 bits per heavy atom. The molecule has 0 heterocycles. The molecule has 0 bridgehead atoms. The monoisotopic (exact) mass is 378 g/mol. The zero-order chi connectivity index (χ0) is 19.1. The van der Waals surface area contributed by atoms with E-state index in [1.165, 1.54) is 26.4 Å². The van der Waals surface area contributed by atoms with Crippen LogP contribution in [0.2, 0.25) is 5.02 Å². The van der Waals surface area contributed by atoms with Crippen molar-refractivity contribution in [2.75, 3.05) is 31.5 Å². The smallest absolute Gasteiger partial charge is 0.314 e. The van der Waals surface area contributed by atoms with E-state index in [4.69, 9.17) is 25.8 Å². The fraction of sp³-hybridized carbons (Fsp3) is 0.222. The predicted molar refractivity (Wildman–Crippen MR) is 99.4 cm³/mol. The molecule has 2 aromatic carbocycles. The molecule has 2 rings (SSSR count). The highest BCUT2D eigenvalue weighted by Crippen LogP contribution is 2.35. The maximum absolute atomic E-state index is 12.2. The summed E-state index contributed by atoms with van der Waals surface area (Å²) in [6.07, 6.45) is 0. The molecular formula is C18H19ClN2O5. The third-order valence-corrected chi connectivity index (χ3v) is 3.65. The molecule has 0 fully saturated rings. The Balaban J connectivity index is 2.08. The number of carbonyl (C=O) groups is 2. The van der Waals surface area contributed by atoms with Gasteiger partial charge in [0.1, 0.15) is 17.2 Å². The highest BCUT2D eigenvalue weighted by atomic mass is 35.5. The minimum Gasteiger partial charge on any atom is -0.495 e. The summed E-state index contributed by atoms with van der Waals surface area (Å²) < 4.78 is 15.6. The van der Waals surface area contributed by atoms with E-state index in [1.54, 1.807) is 24.3 Å². The number of halogens is 1. The average molecular weight is 379 g/mol. The molecule has 0 atom stereocenters. The van der Waals surface area contributed by atoms with Crippen LogP contribution in [-0.4, -0.2) is 32.6 Å². The van der Waals surface area contributed by atoms with Crippen LogP contribution in [0.15, 0.2) is 36.4 Å². The second-order valence-electron chi connectivity index (χ2n) is 5.05. The first kappa shape index (κ1) is 19.4. The van der Waals surface area contributed by atoms with Gasteiger partial charge in [-0.1, -0.05) is 11.6 Å². The van der Waals surface area contributed by atoms with E-state index < -0.39 is 11.8 Å². The van der Waals surface area contributed by atoms with Crippen molar-refractivity contribution in [1.82, 2.24) is 0 Å². The topological polar surface area (TPSA) is 85.9 Å². The molecule has 0 aromatic heterocycles. The van der Waals surface area contributed by atoms with Crippen molar-refractivity contribution in [3.63, 3.8) is 0 Å². The SMILES string of the molecule is CCOc1ccc(NC(=O)C(=O)Nc2cc(OC)c(Cl)cc2OC)cc1. The number of anilines is 2. The molecule has 8 heteroatoms. The van der Waals surface area contributed by atoms with E-state index in [0.29, 0.717) is 34.6 Å². The summed E-state index contributed by atoms with van der Waals surface area (Å²) in [6, 6.07) is 9.64. The Kier molecular flexibility index (Phi) is 6.68. The van der Waals surface area contributed by atoms with Crippen LogP contribution in [-0.2, 0) is 9.59 Å². The molecule has 0 unspecified atom stereocenters. The normalized spacial score (nSPS) is 10.0. The lowest BCUT2D eigenvalue weighted by Gasteiger charge is -2.13. The maximum Gasteiger partial charge on any atom is 0.314 e. The number of nitrogens with one attached hydrogen (secondary N) is 2. The van der Waals surface area contributed by atoms with Gasteiger partial charge in [0.2, 0.25) is 0 Å². The van der Waals surface area contributed by atoms with Crippen molar-refractivity contribution >= 4 is 34.8 Å². The van der Waals surface area contributed by atoms with Crippen LogP contribution in [0.1, 0.15) is 6.92 Å². The molecule has 7 nitrogen and oxygen atoms in total. The first-order valence-corrected chi connectivity index (χ1v) is 8.13. The van der Waals surface area contributed by atoms with Gasteiger partial charge in [0.15, 0.2) is 0 Å². The van der Waals surface area contributed by atoms with E-state index in [1.807, 2.05) is 6.92 Å². The lowest BCUT2D eigenvalue weighted by molar-refractivity contribution is -0.133. The van der Waals surface area contributed by atoms with Crippen LogP contribution in [0.25, 0.3) is 0 Å². The second-order valence-corrected chi connectivity index (χ2v) is 5.46. The quantitative estimate of drug-likeness (QED) is 0.753. The predicted octanol–water partition coefficient (Wildman–Crippen LogP) is 3.33. The van der Waals surface area contributed by atoms with Crippen molar-refractivity contribution in [3.8, 4) is 17.2 Å². The third kappa shape index (κ3) is 4.80. The first-order valence-electron chi connectivity index (χ1n) is 7.75. The summed E-state index contributed by atoms with van der Waals surface area (Å²) in [5.41, 5.74) is 0.731. The summed E-state index contributed by atoms with van der Waals surface area (Å²) in [5.74, 6) is -0.368. The fourth-order valence-corrected chi connectivity index (χ4v) is 2.36. The van der Waals surface area contributed by atoms with E-state index in [9.17, 15) is 9.59 Å². The largest absolute Gasteiger partial charge is 0.495 e. The summed E-state index contributed by atoms with van der Waals surface area (Å²) in [7, 11) is 2.87.